The maximum absolute atomic E-state index is 12.9. The molecule has 0 heterocycles. The predicted molar refractivity (Wildman–Crippen MR) is 58.9 cm³/mol. The second-order valence-corrected chi connectivity index (χ2v) is 3.79. The monoisotopic (exact) mass is 231 g/mol. The second-order valence-electron chi connectivity index (χ2n) is 3.79. The van der Waals surface area contributed by atoms with Gasteiger partial charge in [-0.25, -0.2) is 13.2 Å². The van der Waals surface area contributed by atoms with Gasteiger partial charge in [-0.05, 0) is 12.8 Å². The van der Waals surface area contributed by atoms with E-state index in [1.54, 1.807) is 0 Å². The maximum atomic E-state index is 12.9. The van der Waals surface area contributed by atoms with Crippen LogP contribution in [0.3, 0.4) is 0 Å². The van der Waals surface area contributed by atoms with Gasteiger partial charge >= 0.3 is 0 Å². The number of rotatable bonds is 5. The van der Waals surface area contributed by atoms with E-state index in [1.807, 2.05) is 13.8 Å². The molecule has 0 fully saturated rings. The Labute approximate surface area is 93.7 Å². The first kappa shape index (κ1) is 12.9. The van der Waals surface area contributed by atoms with E-state index in [9.17, 15) is 13.2 Å². The predicted octanol–water partition coefficient (Wildman–Crippen LogP) is 4.09. The van der Waals surface area contributed by atoms with Crippen LogP contribution in [0.5, 0.6) is 0 Å². The van der Waals surface area contributed by atoms with E-state index in [-0.39, 0.29) is 11.7 Å². The Morgan fingerprint density at radius 3 is 2.12 bits per heavy atom. The molecular weight excluding hydrogens is 215 g/mol. The molecule has 1 N–H and O–H groups in total. The van der Waals surface area contributed by atoms with Crippen molar-refractivity contribution in [2.45, 2.75) is 39.2 Å². The van der Waals surface area contributed by atoms with Gasteiger partial charge in [0.1, 0.15) is 0 Å². The molecule has 1 aromatic rings. The van der Waals surface area contributed by atoms with Gasteiger partial charge in [-0.2, -0.15) is 0 Å². The van der Waals surface area contributed by atoms with Crippen LogP contribution in [0.15, 0.2) is 12.1 Å². The van der Waals surface area contributed by atoms with Crippen molar-refractivity contribution in [1.29, 1.82) is 0 Å². The van der Waals surface area contributed by atoms with E-state index >= 15 is 0 Å². The molecule has 0 radical (unpaired) electrons. The van der Waals surface area contributed by atoms with Crippen LogP contribution in [0, 0.1) is 17.5 Å². The third-order valence-corrected chi connectivity index (χ3v) is 2.48. The van der Waals surface area contributed by atoms with Gasteiger partial charge in [0, 0.05) is 23.9 Å². The summed E-state index contributed by atoms with van der Waals surface area (Å²) in [6.45, 7) is 4.03. The number of nitrogens with one attached hydrogen (secondary N) is 1. The van der Waals surface area contributed by atoms with Gasteiger partial charge in [-0.1, -0.05) is 20.3 Å². The Bertz CT molecular complexity index is 329. The summed E-state index contributed by atoms with van der Waals surface area (Å²) in [7, 11) is 0. The molecule has 0 spiro atoms. The largest absolute Gasteiger partial charge is 0.382 e. The highest BCUT2D eigenvalue weighted by Gasteiger charge is 2.12. The Kier molecular flexibility index (Phi) is 4.65. The molecule has 0 aromatic heterocycles. The summed E-state index contributed by atoms with van der Waals surface area (Å²) in [4.78, 5) is 0. The van der Waals surface area contributed by atoms with E-state index in [2.05, 4.69) is 5.32 Å². The molecule has 16 heavy (non-hydrogen) atoms. The highest BCUT2D eigenvalue weighted by atomic mass is 19.2. The number of anilines is 1. The summed E-state index contributed by atoms with van der Waals surface area (Å²) >= 11 is 0. The fourth-order valence-corrected chi connectivity index (χ4v) is 1.60. The minimum absolute atomic E-state index is 0.161. The zero-order chi connectivity index (χ0) is 12.1. The van der Waals surface area contributed by atoms with Crippen molar-refractivity contribution in [3.8, 4) is 0 Å². The van der Waals surface area contributed by atoms with E-state index in [4.69, 9.17) is 0 Å². The molecule has 0 saturated heterocycles. The molecule has 0 bridgehead atoms. The Hall–Kier alpha value is -1.19. The summed E-state index contributed by atoms with van der Waals surface area (Å²) in [6, 6.07) is 2.13. The molecule has 1 aromatic carbocycles. The summed E-state index contributed by atoms with van der Waals surface area (Å²) in [5.74, 6) is -3.74. The van der Waals surface area contributed by atoms with Crippen LogP contribution >= 0.6 is 0 Å². The van der Waals surface area contributed by atoms with Crippen molar-refractivity contribution >= 4 is 5.69 Å². The van der Waals surface area contributed by atoms with Crippen LogP contribution in [-0.4, -0.2) is 6.04 Å². The van der Waals surface area contributed by atoms with Gasteiger partial charge in [0.15, 0.2) is 17.5 Å². The minimum Gasteiger partial charge on any atom is -0.382 e. The normalized spacial score (nSPS) is 12.6. The second kappa shape index (κ2) is 5.77. The lowest BCUT2D eigenvalue weighted by Crippen LogP contribution is -2.18. The van der Waals surface area contributed by atoms with Gasteiger partial charge in [-0.15, -0.1) is 0 Å². The molecule has 4 heteroatoms. The Balaban J connectivity index is 2.80. The standard InChI is InChI=1S/C12H16F3N/c1-3-5-8(4-2)16-9-6-10(13)12(15)11(14)7-9/h6-8,16H,3-5H2,1-2H3. The van der Waals surface area contributed by atoms with Gasteiger partial charge in [0.25, 0.3) is 0 Å². The number of halogens is 3. The molecule has 1 atom stereocenters. The van der Waals surface area contributed by atoms with Crippen molar-refractivity contribution in [1.82, 2.24) is 0 Å². The first-order valence-electron chi connectivity index (χ1n) is 5.49. The fraction of sp³-hybridized carbons (Fsp3) is 0.500. The lowest BCUT2D eigenvalue weighted by atomic mass is 10.1. The van der Waals surface area contributed by atoms with Crippen molar-refractivity contribution in [3.05, 3.63) is 29.6 Å². The van der Waals surface area contributed by atoms with Crippen LogP contribution in [0.4, 0.5) is 18.9 Å². The van der Waals surface area contributed by atoms with Crippen molar-refractivity contribution < 1.29 is 13.2 Å². The van der Waals surface area contributed by atoms with Gasteiger partial charge in [0.2, 0.25) is 0 Å². The lowest BCUT2D eigenvalue weighted by Gasteiger charge is -2.17. The molecule has 0 aliphatic heterocycles. The molecule has 0 aliphatic rings. The summed E-state index contributed by atoms with van der Waals surface area (Å²) in [5, 5.41) is 2.99. The molecule has 0 saturated carbocycles. The molecule has 0 amide bonds. The zero-order valence-electron chi connectivity index (χ0n) is 9.49. The van der Waals surface area contributed by atoms with Crippen molar-refractivity contribution in [3.63, 3.8) is 0 Å². The molecule has 0 aliphatic carbocycles. The van der Waals surface area contributed by atoms with Crippen molar-refractivity contribution in [2.75, 3.05) is 5.32 Å². The SMILES string of the molecule is CCCC(CC)Nc1cc(F)c(F)c(F)c1. The van der Waals surface area contributed by atoms with E-state index < -0.39 is 17.5 Å². The van der Waals surface area contributed by atoms with Crippen molar-refractivity contribution in [2.24, 2.45) is 0 Å². The molecule has 90 valence electrons. The third kappa shape index (κ3) is 3.15. The molecule has 1 unspecified atom stereocenters. The van der Waals surface area contributed by atoms with Crippen LogP contribution in [0.25, 0.3) is 0 Å². The minimum atomic E-state index is -1.42. The number of benzene rings is 1. The van der Waals surface area contributed by atoms with E-state index in [0.29, 0.717) is 0 Å². The van der Waals surface area contributed by atoms with Gasteiger partial charge < -0.3 is 5.32 Å². The summed E-state index contributed by atoms with van der Waals surface area (Å²) in [5.41, 5.74) is 0.289. The fourth-order valence-electron chi connectivity index (χ4n) is 1.60. The van der Waals surface area contributed by atoms with Crippen LogP contribution in [-0.2, 0) is 0 Å². The molecule has 1 rings (SSSR count). The first-order valence-corrected chi connectivity index (χ1v) is 5.49. The smallest absolute Gasteiger partial charge is 0.194 e. The maximum Gasteiger partial charge on any atom is 0.194 e. The lowest BCUT2D eigenvalue weighted by molar-refractivity contribution is 0.447. The average molecular weight is 231 g/mol. The van der Waals surface area contributed by atoms with Gasteiger partial charge in [-0.3, -0.25) is 0 Å². The third-order valence-electron chi connectivity index (χ3n) is 2.48. The highest BCUT2D eigenvalue weighted by molar-refractivity contribution is 5.44. The number of hydrogen-bond donors (Lipinski definition) is 1. The molecular formula is C12H16F3N. The highest BCUT2D eigenvalue weighted by Crippen LogP contribution is 2.19. The van der Waals surface area contributed by atoms with Crippen LogP contribution in [0.1, 0.15) is 33.1 Å². The number of hydrogen-bond acceptors (Lipinski definition) is 1. The molecule has 1 nitrogen and oxygen atoms in total. The zero-order valence-corrected chi connectivity index (χ0v) is 9.49. The van der Waals surface area contributed by atoms with Crippen LogP contribution < -0.4 is 5.32 Å². The van der Waals surface area contributed by atoms with Gasteiger partial charge in [0.05, 0.1) is 0 Å². The Morgan fingerprint density at radius 2 is 1.69 bits per heavy atom. The first-order chi connectivity index (χ1) is 7.58. The Morgan fingerprint density at radius 1 is 1.12 bits per heavy atom. The van der Waals surface area contributed by atoms with E-state index in [1.165, 1.54) is 0 Å². The topological polar surface area (TPSA) is 12.0 Å². The quantitative estimate of drug-likeness (QED) is 0.752. The van der Waals surface area contributed by atoms with E-state index in [0.717, 1.165) is 31.4 Å². The average Bonchev–Trinajstić information content (AvgIpc) is 2.25. The summed E-state index contributed by atoms with van der Waals surface area (Å²) in [6.07, 6.45) is 2.75. The van der Waals surface area contributed by atoms with Crippen LogP contribution in [0.2, 0.25) is 0 Å². The summed E-state index contributed by atoms with van der Waals surface area (Å²) < 4.78 is 38.6.